The Balaban J connectivity index is 1.30. The van der Waals surface area contributed by atoms with Crippen LogP contribution in [0.5, 0.6) is 11.5 Å². The van der Waals surface area contributed by atoms with Gasteiger partial charge in [0.1, 0.15) is 17.3 Å². The number of ketones is 1. The highest BCUT2D eigenvalue weighted by Crippen LogP contribution is 2.36. The summed E-state index contributed by atoms with van der Waals surface area (Å²) in [5.74, 6) is -4.62. The van der Waals surface area contributed by atoms with Gasteiger partial charge in [0, 0.05) is 59.7 Å². The molecule has 2 bridgehead atoms. The zero-order valence-electron chi connectivity index (χ0n) is 36.6. The fourth-order valence-corrected chi connectivity index (χ4v) is 8.62. The molecule has 12 nitrogen and oxygen atoms in total. The number of benzene rings is 3. The predicted molar refractivity (Wildman–Crippen MR) is 238 cm³/mol. The summed E-state index contributed by atoms with van der Waals surface area (Å²) in [6, 6.07) is 17.4. The molecule has 17 heteroatoms. The smallest absolute Gasteiger partial charge is 0.389 e. The van der Waals surface area contributed by atoms with Crippen molar-refractivity contribution in [2.45, 2.75) is 103 Å². The maximum absolute atomic E-state index is 14.5. The summed E-state index contributed by atoms with van der Waals surface area (Å²) < 4.78 is 51.2. The monoisotopic (exact) mass is 926 g/mol. The van der Waals surface area contributed by atoms with Crippen LogP contribution in [0, 0.1) is 11.8 Å². The van der Waals surface area contributed by atoms with Gasteiger partial charge in [0.25, 0.3) is 0 Å². The second kappa shape index (κ2) is 20.1. The number of amides is 3. The van der Waals surface area contributed by atoms with E-state index in [2.05, 4.69) is 36.4 Å². The van der Waals surface area contributed by atoms with Crippen molar-refractivity contribution in [3.8, 4) is 22.8 Å². The van der Waals surface area contributed by atoms with Gasteiger partial charge in [-0.2, -0.15) is 13.2 Å². The number of alkyl halides is 3. The van der Waals surface area contributed by atoms with E-state index in [-0.39, 0.29) is 37.3 Å². The van der Waals surface area contributed by atoms with Gasteiger partial charge in [-0.05, 0) is 101 Å². The highest BCUT2D eigenvalue weighted by Gasteiger charge is 2.45. The standard InChI is InChI=1S/C47H55Cl2F3N6O6/c1-29-39(60)19-34(27-59)43(62)55-46(22-30-7-12-35(48)13-8-30)17-6-18-57(28-46)44(63)33(23-47(50,51)52)20-42(61)58(29)26-32-9-14-36(49)21-40(32)64-37-15-10-31(11-16-37)38-24-53-41(56(38)5)25-54-45(2,3)4/h7-16,21,24,29,33-34,54,59H,6,17-20,22-23,25-28H2,1-5H3,(H,55,62)/t29-,33-,34-,46+/m0/s1. The minimum Gasteiger partial charge on any atom is -0.457 e. The molecule has 2 saturated heterocycles. The first-order chi connectivity index (χ1) is 30.1. The van der Waals surface area contributed by atoms with Crippen molar-refractivity contribution in [1.82, 2.24) is 30.0 Å². The lowest BCUT2D eigenvalue weighted by Crippen LogP contribution is -2.63. The van der Waals surface area contributed by atoms with Gasteiger partial charge in [0.05, 0.1) is 61.4 Å². The SMILES string of the molecule is C[C@H]1C(=O)C[C@@H](CO)C(=O)N[C@@]2(Cc3ccc(Cl)cc3)CCCN(C2)C(=O)[C@H](CC(F)(F)F)CC(=O)N1Cc1ccc(Cl)cc1Oc1ccc(-c2cnc(CNC(C)(C)C)n2C)cc1. The summed E-state index contributed by atoms with van der Waals surface area (Å²) in [5, 5.41) is 17.7. The first-order valence-electron chi connectivity index (χ1n) is 21.3. The van der Waals surface area contributed by atoms with E-state index in [9.17, 15) is 37.5 Å². The van der Waals surface area contributed by atoms with Crippen LogP contribution in [0.4, 0.5) is 13.2 Å². The summed E-state index contributed by atoms with van der Waals surface area (Å²) in [4.78, 5) is 63.8. The van der Waals surface area contributed by atoms with E-state index in [0.29, 0.717) is 40.7 Å². The molecule has 2 aliphatic heterocycles. The number of aromatic nitrogens is 2. The molecule has 0 unspecified atom stereocenters. The van der Waals surface area contributed by atoms with Crippen LogP contribution in [0.15, 0.2) is 72.9 Å². The number of carbonyl (C=O) groups excluding carboxylic acids is 4. The molecule has 3 aromatic carbocycles. The molecule has 1 aromatic heterocycles. The zero-order valence-corrected chi connectivity index (χ0v) is 38.1. The summed E-state index contributed by atoms with van der Waals surface area (Å²) in [5.41, 5.74) is 1.61. The zero-order chi connectivity index (χ0) is 46.6. The van der Waals surface area contributed by atoms with Crippen molar-refractivity contribution in [3.05, 3.63) is 99.9 Å². The number of aliphatic hydroxyl groups excluding tert-OH is 1. The first kappa shape index (κ1) is 48.5. The molecule has 344 valence electrons. The number of nitrogens with zero attached hydrogens (tertiary/aromatic N) is 4. The lowest BCUT2D eigenvalue weighted by atomic mass is 9.81. The number of piperidine rings is 1. The minimum absolute atomic E-state index is 0.0919. The van der Waals surface area contributed by atoms with E-state index in [1.165, 1.54) is 17.9 Å². The predicted octanol–water partition coefficient (Wildman–Crippen LogP) is 8.05. The van der Waals surface area contributed by atoms with Crippen LogP contribution in [-0.2, 0) is 45.7 Å². The highest BCUT2D eigenvalue weighted by molar-refractivity contribution is 6.31. The van der Waals surface area contributed by atoms with Gasteiger partial charge in [0.2, 0.25) is 17.7 Å². The second-order valence-electron chi connectivity index (χ2n) is 18.0. The highest BCUT2D eigenvalue weighted by atomic mass is 35.5. The Morgan fingerprint density at radius 1 is 0.953 bits per heavy atom. The molecule has 64 heavy (non-hydrogen) atoms. The van der Waals surface area contributed by atoms with Crippen LogP contribution < -0.4 is 15.4 Å². The van der Waals surface area contributed by atoms with Gasteiger partial charge < -0.3 is 34.8 Å². The summed E-state index contributed by atoms with van der Waals surface area (Å²) in [6.07, 6.45) is -5.04. The normalized spacial score (nSPS) is 21.8. The maximum atomic E-state index is 14.5. The van der Waals surface area contributed by atoms with Crippen molar-refractivity contribution in [3.63, 3.8) is 0 Å². The Labute approximate surface area is 381 Å². The van der Waals surface area contributed by atoms with Gasteiger partial charge in [-0.25, -0.2) is 4.98 Å². The van der Waals surface area contributed by atoms with Gasteiger partial charge in [-0.3, -0.25) is 19.2 Å². The molecule has 3 N–H and O–H groups in total. The number of nitrogens with one attached hydrogen (secondary N) is 2. The lowest BCUT2D eigenvalue weighted by molar-refractivity contribution is -0.164. The molecular weight excluding hydrogens is 872 g/mol. The fourth-order valence-electron chi connectivity index (χ4n) is 8.33. The third-order valence-electron chi connectivity index (χ3n) is 11.9. The first-order valence-corrected chi connectivity index (χ1v) is 22.1. The maximum Gasteiger partial charge on any atom is 0.389 e. The third kappa shape index (κ3) is 12.4. The summed E-state index contributed by atoms with van der Waals surface area (Å²) in [6.45, 7) is 7.14. The Hall–Kier alpha value is -4.96. The summed E-state index contributed by atoms with van der Waals surface area (Å²) >= 11 is 12.6. The van der Waals surface area contributed by atoms with E-state index in [4.69, 9.17) is 27.9 Å². The number of ether oxygens (including phenoxy) is 1. The topological polar surface area (TPSA) is 146 Å². The molecule has 6 rings (SSSR count). The fraction of sp³-hybridized carbons (Fsp3) is 0.468. The quantitative estimate of drug-likeness (QED) is 0.137. The van der Waals surface area contributed by atoms with E-state index < -0.39 is 79.0 Å². The molecule has 0 saturated carbocycles. The van der Waals surface area contributed by atoms with Gasteiger partial charge in [-0.1, -0.05) is 41.4 Å². The molecule has 0 radical (unpaired) electrons. The molecule has 0 spiro atoms. The van der Waals surface area contributed by atoms with Gasteiger partial charge >= 0.3 is 6.18 Å². The van der Waals surface area contributed by atoms with E-state index in [0.717, 1.165) is 27.5 Å². The second-order valence-corrected chi connectivity index (χ2v) is 18.9. The number of imidazole rings is 1. The average molecular weight is 928 g/mol. The molecule has 0 aliphatic carbocycles. The van der Waals surface area contributed by atoms with Crippen LogP contribution in [0.25, 0.3) is 11.3 Å². The van der Waals surface area contributed by atoms with Crippen LogP contribution in [0.2, 0.25) is 10.0 Å². The Morgan fingerprint density at radius 2 is 1.64 bits per heavy atom. The van der Waals surface area contributed by atoms with Crippen molar-refractivity contribution >= 4 is 46.7 Å². The molecular formula is C47H55Cl2F3N6O6. The molecule has 2 fully saturated rings. The average Bonchev–Trinajstić information content (AvgIpc) is 3.60. The number of rotatable bonds is 11. The third-order valence-corrected chi connectivity index (χ3v) is 12.4. The van der Waals surface area contributed by atoms with E-state index >= 15 is 0 Å². The molecule has 2 aliphatic rings. The largest absolute Gasteiger partial charge is 0.457 e. The minimum atomic E-state index is -4.81. The number of halogens is 5. The molecule has 4 atom stereocenters. The number of fused-ring (bicyclic) bond motifs is 2. The Bertz CT molecular complexity index is 2320. The number of Topliss-reactive ketones (excluding diaryl/α,β-unsaturated/α-hetero) is 1. The van der Waals surface area contributed by atoms with Crippen LogP contribution in [0.3, 0.4) is 0 Å². The molecule has 3 heterocycles. The van der Waals surface area contributed by atoms with E-state index in [1.807, 2.05) is 23.7 Å². The van der Waals surface area contributed by atoms with Crippen molar-refractivity contribution in [2.75, 3.05) is 19.7 Å². The Kier molecular flexibility index (Phi) is 15.2. The van der Waals surface area contributed by atoms with E-state index in [1.54, 1.807) is 54.7 Å². The van der Waals surface area contributed by atoms with Crippen LogP contribution in [0.1, 0.15) is 76.8 Å². The van der Waals surface area contributed by atoms with Crippen LogP contribution in [-0.4, -0.2) is 91.0 Å². The van der Waals surface area contributed by atoms with Crippen molar-refractivity contribution in [1.29, 1.82) is 0 Å². The number of carbonyl (C=O) groups is 4. The number of aliphatic hydroxyl groups is 1. The molecule has 3 amide bonds. The number of hydrogen-bond donors (Lipinski definition) is 3. The number of hydrogen-bond acceptors (Lipinski definition) is 8. The van der Waals surface area contributed by atoms with Gasteiger partial charge in [-0.15, -0.1) is 0 Å². The lowest BCUT2D eigenvalue weighted by Gasteiger charge is -2.45. The van der Waals surface area contributed by atoms with Crippen molar-refractivity contribution < 1.29 is 42.2 Å². The van der Waals surface area contributed by atoms with Crippen LogP contribution >= 0.6 is 23.2 Å². The Morgan fingerprint density at radius 3 is 2.30 bits per heavy atom. The van der Waals surface area contributed by atoms with Crippen molar-refractivity contribution in [2.24, 2.45) is 18.9 Å². The summed E-state index contributed by atoms with van der Waals surface area (Å²) in [7, 11) is 1.93. The van der Waals surface area contributed by atoms with Gasteiger partial charge in [0.15, 0.2) is 5.78 Å². The molecule has 4 aromatic rings.